The Bertz CT molecular complexity index is 396. The van der Waals surface area contributed by atoms with Crippen molar-refractivity contribution in [1.29, 1.82) is 5.26 Å². The molecule has 0 aromatic heterocycles. The second-order valence-electron chi connectivity index (χ2n) is 2.63. The van der Waals surface area contributed by atoms with Gasteiger partial charge >= 0.3 is 0 Å². The Hall–Kier alpha value is -2.09. The molecule has 14 heavy (non-hydrogen) atoms. The van der Waals surface area contributed by atoms with Crippen LogP contribution in [0, 0.1) is 21.4 Å². The number of nitro groups is 1. The first-order valence-corrected chi connectivity index (χ1v) is 3.86. The van der Waals surface area contributed by atoms with Crippen molar-refractivity contribution < 1.29 is 9.66 Å². The van der Waals surface area contributed by atoms with Gasteiger partial charge in [0.15, 0.2) is 0 Å². The number of benzene rings is 1. The van der Waals surface area contributed by atoms with Gasteiger partial charge in [-0.3, -0.25) is 10.1 Å². The van der Waals surface area contributed by atoms with E-state index < -0.39 is 4.92 Å². The van der Waals surface area contributed by atoms with E-state index >= 15 is 0 Å². The molecule has 0 unspecified atom stereocenters. The first kappa shape index (κ1) is 9.99. The molecule has 0 amide bonds. The minimum Gasteiger partial charge on any atom is -0.496 e. The van der Waals surface area contributed by atoms with Crippen LogP contribution in [0.2, 0.25) is 0 Å². The van der Waals surface area contributed by atoms with Gasteiger partial charge in [0.1, 0.15) is 5.75 Å². The number of nitrogens with zero attached hydrogens (tertiary/aromatic N) is 2. The number of methoxy groups -OCH3 is 1. The number of ether oxygens (including phenoxy) is 1. The molecule has 0 N–H and O–H groups in total. The molecule has 0 saturated heterocycles. The third kappa shape index (κ3) is 2.20. The molecule has 0 spiro atoms. The van der Waals surface area contributed by atoms with E-state index in [-0.39, 0.29) is 12.1 Å². The number of nitro benzene ring substituents is 1. The van der Waals surface area contributed by atoms with Gasteiger partial charge < -0.3 is 4.74 Å². The fourth-order valence-corrected chi connectivity index (χ4v) is 1.06. The Labute approximate surface area is 80.7 Å². The van der Waals surface area contributed by atoms with E-state index in [1.165, 1.54) is 19.2 Å². The number of rotatable bonds is 3. The van der Waals surface area contributed by atoms with Crippen molar-refractivity contribution in [2.45, 2.75) is 6.42 Å². The second-order valence-corrected chi connectivity index (χ2v) is 2.63. The molecule has 0 heterocycles. The Morgan fingerprint density at radius 3 is 2.79 bits per heavy atom. The van der Waals surface area contributed by atoms with Gasteiger partial charge in [0.05, 0.1) is 30.6 Å². The lowest BCUT2D eigenvalue weighted by Crippen LogP contribution is -1.93. The zero-order chi connectivity index (χ0) is 10.6. The standard InChI is InChI=1S/C9H8N2O3/c1-14-9-5-7(2-3-10)4-8(6-9)11(12)13/h4-6H,2H2,1H3. The minimum atomic E-state index is -0.511. The highest BCUT2D eigenvalue weighted by atomic mass is 16.6. The molecule has 1 aromatic rings. The molecule has 0 aliphatic heterocycles. The van der Waals surface area contributed by atoms with E-state index in [9.17, 15) is 10.1 Å². The van der Waals surface area contributed by atoms with Crippen LogP contribution in [0.15, 0.2) is 18.2 Å². The topological polar surface area (TPSA) is 76.2 Å². The predicted molar refractivity (Wildman–Crippen MR) is 49.0 cm³/mol. The molecular formula is C9H8N2O3. The molecule has 1 rings (SSSR count). The van der Waals surface area contributed by atoms with Crippen LogP contribution in [0.1, 0.15) is 5.56 Å². The molecule has 5 heteroatoms. The smallest absolute Gasteiger partial charge is 0.273 e. The van der Waals surface area contributed by atoms with Crippen LogP contribution in [-0.2, 0) is 6.42 Å². The first-order valence-electron chi connectivity index (χ1n) is 3.86. The highest BCUT2D eigenvalue weighted by Crippen LogP contribution is 2.22. The van der Waals surface area contributed by atoms with Crippen LogP contribution in [0.25, 0.3) is 0 Å². The van der Waals surface area contributed by atoms with Gasteiger partial charge in [-0.05, 0) is 11.6 Å². The summed E-state index contributed by atoms with van der Waals surface area (Å²) in [6.07, 6.45) is 0.137. The van der Waals surface area contributed by atoms with E-state index in [2.05, 4.69) is 0 Å². The highest BCUT2D eigenvalue weighted by molar-refractivity contribution is 5.43. The summed E-state index contributed by atoms with van der Waals surface area (Å²) in [4.78, 5) is 9.98. The zero-order valence-corrected chi connectivity index (χ0v) is 7.56. The van der Waals surface area contributed by atoms with Gasteiger partial charge in [-0.15, -0.1) is 0 Å². The normalized spacial score (nSPS) is 9.14. The molecule has 0 bridgehead atoms. The Morgan fingerprint density at radius 1 is 1.57 bits per heavy atom. The maximum atomic E-state index is 10.5. The van der Waals surface area contributed by atoms with Gasteiger partial charge in [0.2, 0.25) is 0 Å². The molecule has 0 fully saturated rings. The molecule has 0 radical (unpaired) electrons. The van der Waals surface area contributed by atoms with Crippen LogP contribution in [0.4, 0.5) is 5.69 Å². The summed E-state index contributed by atoms with van der Waals surface area (Å²) >= 11 is 0. The fraction of sp³-hybridized carbons (Fsp3) is 0.222. The molecule has 72 valence electrons. The van der Waals surface area contributed by atoms with Crippen LogP contribution >= 0.6 is 0 Å². The van der Waals surface area contributed by atoms with E-state index in [4.69, 9.17) is 10.00 Å². The summed E-state index contributed by atoms with van der Waals surface area (Å²) in [5, 5.41) is 18.9. The van der Waals surface area contributed by atoms with Crippen molar-refractivity contribution in [2.24, 2.45) is 0 Å². The van der Waals surface area contributed by atoms with Crippen molar-refractivity contribution in [3.05, 3.63) is 33.9 Å². The molecule has 0 aliphatic rings. The molecule has 0 atom stereocenters. The molecular weight excluding hydrogens is 184 g/mol. The molecule has 0 saturated carbocycles. The Balaban J connectivity index is 3.14. The van der Waals surface area contributed by atoms with Crippen LogP contribution < -0.4 is 4.74 Å². The highest BCUT2D eigenvalue weighted by Gasteiger charge is 2.09. The summed E-state index contributed by atoms with van der Waals surface area (Å²) in [6, 6.07) is 6.22. The zero-order valence-electron chi connectivity index (χ0n) is 7.56. The third-order valence-corrected chi connectivity index (χ3v) is 1.68. The van der Waals surface area contributed by atoms with Crippen molar-refractivity contribution in [2.75, 3.05) is 7.11 Å². The number of hydrogen-bond donors (Lipinski definition) is 0. The van der Waals surface area contributed by atoms with Crippen LogP contribution in [0.5, 0.6) is 5.75 Å². The lowest BCUT2D eigenvalue weighted by atomic mass is 10.1. The minimum absolute atomic E-state index is 0.0606. The van der Waals surface area contributed by atoms with Crippen molar-refractivity contribution in [1.82, 2.24) is 0 Å². The van der Waals surface area contributed by atoms with Crippen LogP contribution in [-0.4, -0.2) is 12.0 Å². The maximum absolute atomic E-state index is 10.5. The molecule has 0 aliphatic carbocycles. The predicted octanol–water partition coefficient (Wildman–Crippen LogP) is 1.67. The summed E-state index contributed by atoms with van der Waals surface area (Å²) in [5.74, 6) is 0.393. The van der Waals surface area contributed by atoms with E-state index in [0.717, 1.165) is 0 Å². The average Bonchev–Trinajstić information content (AvgIpc) is 2.17. The van der Waals surface area contributed by atoms with E-state index in [1.54, 1.807) is 6.07 Å². The number of hydrogen-bond acceptors (Lipinski definition) is 4. The first-order chi connectivity index (χ1) is 6.67. The van der Waals surface area contributed by atoms with Crippen LogP contribution in [0.3, 0.4) is 0 Å². The monoisotopic (exact) mass is 192 g/mol. The van der Waals surface area contributed by atoms with E-state index in [1.807, 2.05) is 6.07 Å². The van der Waals surface area contributed by atoms with Crippen molar-refractivity contribution in [3.8, 4) is 11.8 Å². The van der Waals surface area contributed by atoms with Gasteiger partial charge in [-0.2, -0.15) is 5.26 Å². The fourth-order valence-electron chi connectivity index (χ4n) is 1.06. The van der Waals surface area contributed by atoms with E-state index in [0.29, 0.717) is 11.3 Å². The largest absolute Gasteiger partial charge is 0.496 e. The molecule has 1 aromatic carbocycles. The summed E-state index contributed by atoms with van der Waals surface area (Å²) < 4.78 is 4.88. The Kier molecular flexibility index (Phi) is 3.02. The summed E-state index contributed by atoms with van der Waals surface area (Å²) in [7, 11) is 1.43. The average molecular weight is 192 g/mol. The lowest BCUT2D eigenvalue weighted by molar-refractivity contribution is -0.385. The number of nitriles is 1. The molecule has 5 nitrogen and oxygen atoms in total. The second kappa shape index (κ2) is 4.23. The third-order valence-electron chi connectivity index (χ3n) is 1.68. The maximum Gasteiger partial charge on any atom is 0.273 e. The van der Waals surface area contributed by atoms with Crippen molar-refractivity contribution >= 4 is 5.69 Å². The van der Waals surface area contributed by atoms with Gasteiger partial charge in [0.25, 0.3) is 5.69 Å². The summed E-state index contributed by atoms with van der Waals surface area (Å²) in [5.41, 5.74) is 0.521. The summed E-state index contributed by atoms with van der Waals surface area (Å²) in [6.45, 7) is 0. The van der Waals surface area contributed by atoms with Gasteiger partial charge in [0, 0.05) is 6.07 Å². The Morgan fingerprint density at radius 2 is 2.29 bits per heavy atom. The quantitative estimate of drug-likeness (QED) is 0.539. The SMILES string of the molecule is COc1cc(CC#N)cc([N+](=O)[O-])c1. The van der Waals surface area contributed by atoms with Gasteiger partial charge in [-0.1, -0.05) is 0 Å². The van der Waals surface area contributed by atoms with Crippen molar-refractivity contribution in [3.63, 3.8) is 0 Å². The number of non-ortho nitro benzene ring substituents is 1. The van der Waals surface area contributed by atoms with Gasteiger partial charge in [-0.25, -0.2) is 0 Å². The lowest BCUT2D eigenvalue weighted by Gasteiger charge is -2.01.